The van der Waals surface area contributed by atoms with Crippen LogP contribution >= 0.6 is 0 Å². The molecule has 0 radical (unpaired) electrons. The molecule has 6 heteroatoms. The maximum Gasteiger partial charge on any atom is 0.274 e. The van der Waals surface area contributed by atoms with Gasteiger partial charge in [-0.2, -0.15) is 0 Å². The van der Waals surface area contributed by atoms with Crippen molar-refractivity contribution >= 4 is 11.7 Å². The van der Waals surface area contributed by atoms with Crippen molar-refractivity contribution in [3.8, 4) is 0 Å². The first-order valence-electron chi connectivity index (χ1n) is 7.24. The molecule has 1 aromatic rings. The molecule has 0 aliphatic carbocycles. The van der Waals surface area contributed by atoms with Crippen LogP contribution in [0.25, 0.3) is 0 Å². The Morgan fingerprint density at radius 3 is 2.75 bits per heavy atom. The summed E-state index contributed by atoms with van der Waals surface area (Å²) >= 11 is 0. The van der Waals surface area contributed by atoms with Crippen LogP contribution in [-0.2, 0) is 4.74 Å². The molecule has 1 aromatic heterocycles. The molecule has 0 unspecified atom stereocenters. The summed E-state index contributed by atoms with van der Waals surface area (Å²) in [7, 11) is 0. The topological polar surface area (TPSA) is 67.4 Å². The van der Waals surface area contributed by atoms with Gasteiger partial charge in [0.25, 0.3) is 5.91 Å². The molecule has 110 valence electrons. The van der Waals surface area contributed by atoms with Crippen molar-refractivity contribution in [2.45, 2.75) is 26.2 Å². The number of ether oxygens (including phenoxy) is 1. The Kier molecular flexibility index (Phi) is 5.73. The molecule has 1 aliphatic rings. The first-order valence-corrected chi connectivity index (χ1v) is 7.24. The van der Waals surface area contributed by atoms with Gasteiger partial charge in [-0.15, -0.1) is 0 Å². The maximum atomic E-state index is 12.2. The molecule has 0 saturated carbocycles. The molecule has 0 bridgehead atoms. The fourth-order valence-corrected chi connectivity index (χ4v) is 2.05. The van der Waals surface area contributed by atoms with Gasteiger partial charge in [0.1, 0.15) is 11.5 Å². The van der Waals surface area contributed by atoms with E-state index in [2.05, 4.69) is 22.2 Å². The fourth-order valence-electron chi connectivity index (χ4n) is 2.05. The minimum Gasteiger partial charge on any atom is -0.378 e. The van der Waals surface area contributed by atoms with Gasteiger partial charge in [-0.3, -0.25) is 4.79 Å². The Morgan fingerprint density at radius 1 is 1.30 bits per heavy atom. The van der Waals surface area contributed by atoms with Crippen molar-refractivity contribution in [2.24, 2.45) is 0 Å². The van der Waals surface area contributed by atoms with Gasteiger partial charge in [0, 0.05) is 19.6 Å². The zero-order valence-electron chi connectivity index (χ0n) is 12.0. The Bertz CT molecular complexity index is 416. The Balaban J connectivity index is 1.85. The van der Waals surface area contributed by atoms with Gasteiger partial charge >= 0.3 is 0 Å². The highest BCUT2D eigenvalue weighted by Crippen LogP contribution is 2.07. The number of amides is 1. The van der Waals surface area contributed by atoms with Crippen molar-refractivity contribution in [3.05, 3.63) is 18.1 Å². The van der Waals surface area contributed by atoms with E-state index in [9.17, 15) is 4.79 Å². The molecule has 6 nitrogen and oxygen atoms in total. The second-order valence-electron chi connectivity index (χ2n) is 4.83. The third-order valence-electron chi connectivity index (χ3n) is 3.26. The van der Waals surface area contributed by atoms with Crippen molar-refractivity contribution in [2.75, 3.05) is 38.2 Å². The highest BCUT2D eigenvalue weighted by atomic mass is 16.5. The third kappa shape index (κ3) is 4.16. The molecule has 2 rings (SSSR count). The van der Waals surface area contributed by atoms with Crippen LogP contribution in [0.5, 0.6) is 0 Å². The molecule has 0 spiro atoms. The summed E-state index contributed by atoms with van der Waals surface area (Å²) in [6.07, 6.45) is 6.68. The summed E-state index contributed by atoms with van der Waals surface area (Å²) in [5, 5.41) is 3.21. The van der Waals surface area contributed by atoms with Crippen LogP contribution in [0, 0.1) is 0 Å². The van der Waals surface area contributed by atoms with Crippen LogP contribution in [0.1, 0.15) is 36.7 Å². The lowest BCUT2D eigenvalue weighted by atomic mass is 10.2. The van der Waals surface area contributed by atoms with E-state index in [1.54, 1.807) is 17.3 Å². The number of carbonyl (C=O) groups excluding carboxylic acids is 1. The summed E-state index contributed by atoms with van der Waals surface area (Å²) in [4.78, 5) is 22.3. The highest BCUT2D eigenvalue weighted by Gasteiger charge is 2.19. The van der Waals surface area contributed by atoms with E-state index in [1.165, 1.54) is 12.8 Å². The number of nitrogens with one attached hydrogen (secondary N) is 1. The summed E-state index contributed by atoms with van der Waals surface area (Å²) in [5.74, 6) is 0.651. The zero-order chi connectivity index (χ0) is 14.2. The zero-order valence-corrected chi connectivity index (χ0v) is 12.0. The van der Waals surface area contributed by atoms with E-state index in [4.69, 9.17) is 4.74 Å². The number of hydrogen-bond acceptors (Lipinski definition) is 5. The summed E-state index contributed by atoms with van der Waals surface area (Å²) in [6.45, 7) is 5.49. The number of nitrogens with zero attached hydrogens (tertiary/aromatic N) is 3. The van der Waals surface area contributed by atoms with E-state index in [1.807, 2.05) is 0 Å². The number of aromatic nitrogens is 2. The van der Waals surface area contributed by atoms with Gasteiger partial charge in [-0.1, -0.05) is 19.8 Å². The van der Waals surface area contributed by atoms with Gasteiger partial charge in [0.15, 0.2) is 0 Å². The van der Waals surface area contributed by atoms with Gasteiger partial charge in [-0.05, 0) is 6.42 Å². The Morgan fingerprint density at radius 2 is 2.10 bits per heavy atom. The number of hydrogen-bond donors (Lipinski definition) is 1. The molecule has 20 heavy (non-hydrogen) atoms. The SMILES string of the molecule is CCCCCNc1cnc(C(=O)N2CCOCC2)cn1. The van der Waals surface area contributed by atoms with Crippen LogP contribution in [0.15, 0.2) is 12.4 Å². The largest absolute Gasteiger partial charge is 0.378 e. The van der Waals surface area contributed by atoms with Crippen LogP contribution < -0.4 is 5.32 Å². The maximum absolute atomic E-state index is 12.2. The van der Waals surface area contributed by atoms with Crippen molar-refractivity contribution < 1.29 is 9.53 Å². The van der Waals surface area contributed by atoms with Crippen LogP contribution in [-0.4, -0.2) is 53.6 Å². The molecule has 1 amide bonds. The molecule has 0 atom stereocenters. The molecule has 2 heterocycles. The average molecular weight is 278 g/mol. The first-order chi connectivity index (χ1) is 9.81. The normalized spacial score (nSPS) is 15.2. The summed E-state index contributed by atoms with van der Waals surface area (Å²) < 4.78 is 5.23. The number of morpholine rings is 1. The smallest absolute Gasteiger partial charge is 0.274 e. The lowest BCUT2D eigenvalue weighted by Gasteiger charge is -2.26. The van der Waals surface area contributed by atoms with Crippen LogP contribution in [0.4, 0.5) is 5.82 Å². The van der Waals surface area contributed by atoms with E-state index in [0.717, 1.165) is 18.8 Å². The molecule has 1 N–H and O–H groups in total. The quantitative estimate of drug-likeness (QED) is 0.800. The Labute approximate surface area is 119 Å². The molecule has 1 saturated heterocycles. The van der Waals surface area contributed by atoms with E-state index >= 15 is 0 Å². The van der Waals surface area contributed by atoms with Gasteiger partial charge < -0.3 is 15.0 Å². The average Bonchev–Trinajstić information content (AvgIpc) is 2.52. The van der Waals surface area contributed by atoms with Gasteiger partial charge in [-0.25, -0.2) is 9.97 Å². The molecule has 1 fully saturated rings. The number of carbonyl (C=O) groups is 1. The monoisotopic (exact) mass is 278 g/mol. The lowest BCUT2D eigenvalue weighted by Crippen LogP contribution is -2.41. The summed E-state index contributed by atoms with van der Waals surface area (Å²) in [5.41, 5.74) is 0.394. The van der Waals surface area contributed by atoms with Crippen LogP contribution in [0.3, 0.4) is 0 Å². The number of rotatable bonds is 6. The minimum atomic E-state index is -0.0710. The molecular formula is C14H22N4O2. The van der Waals surface area contributed by atoms with Crippen LogP contribution in [0.2, 0.25) is 0 Å². The second-order valence-corrected chi connectivity index (χ2v) is 4.83. The number of anilines is 1. The minimum absolute atomic E-state index is 0.0710. The van der Waals surface area contributed by atoms with Gasteiger partial charge in [0.05, 0.1) is 25.6 Å². The fraction of sp³-hybridized carbons (Fsp3) is 0.643. The highest BCUT2D eigenvalue weighted by molar-refractivity contribution is 5.92. The van der Waals surface area contributed by atoms with Crippen molar-refractivity contribution in [1.82, 2.24) is 14.9 Å². The first kappa shape index (κ1) is 14.7. The molecule has 0 aromatic carbocycles. The second kappa shape index (κ2) is 7.79. The van der Waals surface area contributed by atoms with Gasteiger partial charge in [0.2, 0.25) is 0 Å². The van der Waals surface area contributed by atoms with E-state index in [0.29, 0.717) is 32.0 Å². The Hall–Kier alpha value is -1.69. The number of unbranched alkanes of at least 4 members (excludes halogenated alkanes) is 2. The van der Waals surface area contributed by atoms with E-state index in [-0.39, 0.29) is 5.91 Å². The predicted octanol–water partition coefficient (Wildman–Crippen LogP) is 1.55. The predicted molar refractivity (Wildman–Crippen MR) is 76.8 cm³/mol. The van der Waals surface area contributed by atoms with Crippen molar-refractivity contribution in [3.63, 3.8) is 0 Å². The molecule has 1 aliphatic heterocycles. The molecular weight excluding hydrogens is 256 g/mol. The van der Waals surface area contributed by atoms with Crippen molar-refractivity contribution in [1.29, 1.82) is 0 Å². The standard InChI is InChI=1S/C14H22N4O2/c1-2-3-4-5-15-13-11-16-12(10-17-13)14(19)18-6-8-20-9-7-18/h10-11H,2-9H2,1H3,(H,15,17). The third-order valence-corrected chi connectivity index (χ3v) is 3.26. The lowest BCUT2D eigenvalue weighted by molar-refractivity contribution is 0.0298. The summed E-state index contributed by atoms with van der Waals surface area (Å²) in [6, 6.07) is 0. The van der Waals surface area contributed by atoms with E-state index < -0.39 is 0 Å².